The summed E-state index contributed by atoms with van der Waals surface area (Å²) in [4.78, 5) is 4.95. The second kappa shape index (κ2) is 9.81. The number of pyridine rings is 2. The fraction of sp³-hybridized carbons (Fsp3) is 0.280. The normalized spacial score (nSPS) is 14.5. The molecular formula is C25H30N4S+2. The number of hydrogen-bond donors (Lipinski definition) is 1. The number of piperazine rings is 1. The molecule has 154 valence electrons. The van der Waals surface area contributed by atoms with E-state index in [1.54, 1.807) is 0 Å². The van der Waals surface area contributed by atoms with E-state index in [0.29, 0.717) is 0 Å². The van der Waals surface area contributed by atoms with E-state index in [-0.39, 0.29) is 0 Å². The Hall–Kier alpha value is -2.79. The van der Waals surface area contributed by atoms with Crippen molar-refractivity contribution in [2.45, 2.75) is 6.54 Å². The predicted octanol–water partition coefficient (Wildman–Crippen LogP) is 3.23. The molecule has 1 fully saturated rings. The summed E-state index contributed by atoms with van der Waals surface area (Å²) in [5, 5.41) is 0. The zero-order valence-electron chi connectivity index (χ0n) is 17.6. The van der Waals surface area contributed by atoms with Gasteiger partial charge in [0.1, 0.15) is 7.05 Å². The maximum atomic E-state index is 4.30. The van der Waals surface area contributed by atoms with E-state index in [1.165, 1.54) is 22.5 Å². The van der Waals surface area contributed by atoms with E-state index in [9.17, 15) is 0 Å². The van der Waals surface area contributed by atoms with Crippen LogP contribution in [0, 0.1) is 0 Å². The van der Waals surface area contributed by atoms with E-state index >= 15 is 0 Å². The van der Waals surface area contributed by atoms with Gasteiger partial charge in [-0.3, -0.25) is 0 Å². The number of rotatable bonds is 6. The van der Waals surface area contributed by atoms with Gasteiger partial charge >= 0.3 is 0 Å². The molecule has 1 aliphatic rings. The summed E-state index contributed by atoms with van der Waals surface area (Å²) in [5.74, 6) is 0.863. The smallest absolute Gasteiger partial charge is 0.170 e. The SMILES string of the molecule is C[n+]1ccc(/C=C/c2ccc(N3CCN(c4cc[n+](CCS)cc4)CC3)cc2)cc1. The van der Waals surface area contributed by atoms with Crippen LogP contribution in [0.2, 0.25) is 0 Å². The molecule has 0 amide bonds. The number of nitrogens with zero attached hydrogens (tertiary/aromatic N) is 4. The second-order valence-corrected chi connectivity index (χ2v) is 8.16. The molecule has 1 aliphatic heterocycles. The quantitative estimate of drug-likeness (QED) is 0.488. The van der Waals surface area contributed by atoms with E-state index in [1.807, 2.05) is 11.6 Å². The van der Waals surface area contributed by atoms with Gasteiger partial charge in [-0.25, -0.2) is 9.13 Å². The van der Waals surface area contributed by atoms with E-state index < -0.39 is 0 Å². The molecule has 3 heterocycles. The maximum Gasteiger partial charge on any atom is 0.170 e. The molecule has 4 rings (SSSR count). The first-order valence-electron chi connectivity index (χ1n) is 10.5. The van der Waals surface area contributed by atoms with Crippen molar-refractivity contribution in [3.63, 3.8) is 0 Å². The van der Waals surface area contributed by atoms with Gasteiger partial charge in [0.05, 0.1) is 0 Å². The zero-order chi connectivity index (χ0) is 20.8. The summed E-state index contributed by atoms with van der Waals surface area (Å²) < 4.78 is 4.23. The van der Waals surface area contributed by atoms with Crippen LogP contribution in [-0.2, 0) is 13.6 Å². The Morgan fingerprint density at radius 3 is 1.77 bits per heavy atom. The molecule has 2 aromatic heterocycles. The Kier molecular flexibility index (Phi) is 6.70. The number of thiol groups is 1. The van der Waals surface area contributed by atoms with E-state index in [4.69, 9.17) is 0 Å². The third kappa shape index (κ3) is 5.22. The van der Waals surface area contributed by atoms with Gasteiger partial charge in [0.25, 0.3) is 0 Å². The Bertz CT molecular complexity index is 958. The van der Waals surface area contributed by atoms with Crippen LogP contribution in [-0.4, -0.2) is 31.9 Å². The van der Waals surface area contributed by atoms with Gasteiger partial charge in [-0.15, -0.1) is 0 Å². The Balaban J connectivity index is 1.32. The van der Waals surface area contributed by atoms with Crippen LogP contribution in [0.1, 0.15) is 11.1 Å². The van der Waals surface area contributed by atoms with Crippen molar-refractivity contribution < 1.29 is 9.13 Å². The fourth-order valence-electron chi connectivity index (χ4n) is 3.76. The van der Waals surface area contributed by atoms with Gasteiger partial charge in [0, 0.05) is 67.6 Å². The molecule has 0 saturated carbocycles. The highest BCUT2D eigenvalue weighted by molar-refractivity contribution is 7.80. The maximum absolute atomic E-state index is 4.30. The molecule has 0 spiro atoms. The van der Waals surface area contributed by atoms with Crippen LogP contribution < -0.4 is 18.9 Å². The molecule has 30 heavy (non-hydrogen) atoms. The third-order valence-corrected chi connectivity index (χ3v) is 5.81. The Labute approximate surface area is 185 Å². The summed E-state index contributed by atoms with van der Waals surface area (Å²) in [6.45, 7) is 5.13. The average Bonchev–Trinajstić information content (AvgIpc) is 2.80. The molecule has 0 N–H and O–H groups in total. The first kappa shape index (κ1) is 20.5. The molecule has 0 aliphatic carbocycles. The molecule has 1 saturated heterocycles. The van der Waals surface area contributed by atoms with Crippen molar-refractivity contribution in [2.75, 3.05) is 41.7 Å². The largest absolute Gasteiger partial charge is 0.368 e. The molecule has 0 radical (unpaired) electrons. The standard InChI is InChI=1S/C25H29N4S/c1-26-12-8-23(9-13-26)3-2-22-4-6-24(7-5-22)28-16-18-29(19-17-28)25-10-14-27(15-11-25)20-21-30/h2-15H,16-21H2,1H3/q+1/p+1. The lowest BCUT2D eigenvalue weighted by Gasteiger charge is -2.37. The van der Waals surface area contributed by atoms with Crippen LogP contribution in [0.15, 0.2) is 73.3 Å². The highest BCUT2D eigenvalue weighted by atomic mass is 32.1. The first-order chi connectivity index (χ1) is 14.7. The number of aromatic nitrogens is 2. The molecule has 0 bridgehead atoms. The molecule has 0 unspecified atom stereocenters. The molecule has 3 aromatic rings. The van der Waals surface area contributed by atoms with Gasteiger partial charge in [-0.2, -0.15) is 12.6 Å². The molecule has 1 aromatic carbocycles. The van der Waals surface area contributed by atoms with Gasteiger partial charge < -0.3 is 9.80 Å². The monoisotopic (exact) mass is 418 g/mol. The minimum Gasteiger partial charge on any atom is -0.368 e. The van der Waals surface area contributed by atoms with Crippen molar-refractivity contribution in [3.8, 4) is 0 Å². The summed E-state index contributed by atoms with van der Waals surface area (Å²) >= 11 is 4.30. The first-order valence-corrected chi connectivity index (χ1v) is 11.2. The van der Waals surface area contributed by atoms with Crippen LogP contribution in [0.25, 0.3) is 12.2 Å². The van der Waals surface area contributed by atoms with Gasteiger partial charge in [-0.05, 0) is 23.3 Å². The number of hydrogen-bond acceptors (Lipinski definition) is 3. The number of benzene rings is 1. The lowest BCUT2D eigenvalue weighted by molar-refractivity contribution is -0.692. The highest BCUT2D eigenvalue weighted by Crippen LogP contribution is 2.21. The van der Waals surface area contributed by atoms with E-state index in [0.717, 1.165) is 38.5 Å². The summed E-state index contributed by atoms with van der Waals surface area (Å²) in [6.07, 6.45) is 12.8. The summed E-state index contributed by atoms with van der Waals surface area (Å²) in [5.41, 5.74) is 5.05. The zero-order valence-corrected chi connectivity index (χ0v) is 18.5. The van der Waals surface area contributed by atoms with Gasteiger partial charge in [0.2, 0.25) is 0 Å². The van der Waals surface area contributed by atoms with Crippen LogP contribution in [0.4, 0.5) is 11.4 Å². The number of anilines is 2. The van der Waals surface area contributed by atoms with Crippen molar-refractivity contribution in [2.24, 2.45) is 7.05 Å². The second-order valence-electron chi connectivity index (χ2n) is 7.71. The Morgan fingerprint density at radius 1 is 0.733 bits per heavy atom. The average molecular weight is 419 g/mol. The van der Waals surface area contributed by atoms with Crippen molar-refractivity contribution in [1.29, 1.82) is 0 Å². The predicted molar refractivity (Wildman–Crippen MR) is 128 cm³/mol. The Morgan fingerprint density at radius 2 is 1.23 bits per heavy atom. The summed E-state index contributed by atoms with van der Waals surface area (Å²) in [6, 6.07) is 17.6. The molecule has 5 heteroatoms. The number of aryl methyl sites for hydroxylation is 2. The van der Waals surface area contributed by atoms with Crippen LogP contribution >= 0.6 is 12.6 Å². The van der Waals surface area contributed by atoms with Gasteiger partial charge in [-0.1, -0.05) is 24.3 Å². The van der Waals surface area contributed by atoms with Crippen molar-refractivity contribution in [1.82, 2.24) is 0 Å². The lowest BCUT2D eigenvalue weighted by atomic mass is 10.1. The van der Waals surface area contributed by atoms with Crippen molar-refractivity contribution in [3.05, 3.63) is 84.4 Å². The van der Waals surface area contributed by atoms with Crippen molar-refractivity contribution >= 4 is 36.2 Å². The minimum atomic E-state index is 0.863. The lowest BCUT2D eigenvalue weighted by Crippen LogP contribution is -2.46. The summed E-state index contributed by atoms with van der Waals surface area (Å²) in [7, 11) is 2.03. The topological polar surface area (TPSA) is 14.2 Å². The fourth-order valence-corrected chi connectivity index (χ4v) is 3.99. The third-order valence-electron chi connectivity index (χ3n) is 5.61. The van der Waals surface area contributed by atoms with E-state index in [2.05, 4.69) is 112 Å². The molecule has 4 nitrogen and oxygen atoms in total. The molecule has 0 atom stereocenters. The highest BCUT2D eigenvalue weighted by Gasteiger charge is 2.18. The molecular weight excluding hydrogens is 388 g/mol. The van der Waals surface area contributed by atoms with Crippen LogP contribution in [0.3, 0.4) is 0 Å². The van der Waals surface area contributed by atoms with Crippen LogP contribution in [0.5, 0.6) is 0 Å². The minimum absolute atomic E-state index is 0.863. The van der Waals surface area contributed by atoms with Gasteiger partial charge in [0.15, 0.2) is 31.3 Å².